The second-order valence-electron chi connectivity index (χ2n) is 7.91. The van der Waals surface area contributed by atoms with Crippen molar-refractivity contribution in [3.63, 3.8) is 0 Å². The van der Waals surface area contributed by atoms with Gasteiger partial charge in [0.25, 0.3) is 5.91 Å². The fourth-order valence-corrected chi connectivity index (χ4v) is 4.13. The number of carbonyl (C=O) groups excluding carboxylic acids is 1. The van der Waals surface area contributed by atoms with Crippen LogP contribution in [0.2, 0.25) is 5.02 Å². The maximum Gasteiger partial charge on any atom is 0.416 e. The van der Waals surface area contributed by atoms with Crippen LogP contribution in [0.1, 0.15) is 15.9 Å². The summed E-state index contributed by atoms with van der Waals surface area (Å²) in [7, 11) is 2.96. The highest BCUT2D eigenvalue weighted by molar-refractivity contribution is 6.33. The quantitative estimate of drug-likeness (QED) is 0.278. The van der Waals surface area contributed by atoms with Gasteiger partial charge in [-0.2, -0.15) is 13.2 Å². The molecule has 1 amide bonds. The highest BCUT2D eigenvalue weighted by Gasteiger charge is 2.31. The number of aromatic nitrogens is 4. The SMILES string of the molecule is COc1cc(C(=O)Nc2nc3cc(C(F)(F)F)ccc3n2C)cc2[nH]c(-c3c(F)cccc3Cl)nc12. The van der Waals surface area contributed by atoms with Gasteiger partial charge in [-0.3, -0.25) is 10.1 Å². The molecule has 2 aromatic heterocycles. The van der Waals surface area contributed by atoms with Gasteiger partial charge in [-0.05, 0) is 42.5 Å². The first-order valence-corrected chi connectivity index (χ1v) is 10.8. The summed E-state index contributed by atoms with van der Waals surface area (Å²) in [5.41, 5.74) is 0.603. The van der Waals surface area contributed by atoms with Crippen molar-refractivity contribution in [3.8, 4) is 17.1 Å². The van der Waals surface area contributed by atoms with Crippen molar-refractivity contribution >= 4 is 45.5 Å². The molecule has 0 aliphatic heterocycles. The summed E-state index contributed by atoms with van der Waals surface area (Å²) in [4.78, 5) is 24.5. The topological polar surface area (TPSA) is 84.8 Å². The van der Waals surface area contributed by atoms with Crippen molar-refractivity contribution < 1.29 is 27.1 Å². The standard InChI is InChI=1S/C24H16ClF4N5O2/c1-34-17-7-6-12(24(27,28)29)10-15(17)31-23(34)33-22(35)11-8-16-20(18(9-11)36-2)32-21(30-16)19-13(25)4-3-5-14(19)26/h3-10H,1-2H3,(H,30,32)(H,31,33,35). The minimum Gasteiger partial charge on any atom is -0.494 e. The van der Waals surface area contributed by atoms with E-state index in [2.05, 4.69) is 20.3 Å². The molecule has 0 atom stereocenters. The molecule has 184 valence electrons. The molecule has 0 fully saturated rings. The Morgan fingerprint density at radius 2 is 1.92 bits per heavy atom. The number of methoxy groups -OCH3 is 1. The van der Waals surface area contributed by atoms with E-state index in [1.54, 1.807) is 7.05 Å². The van der Waals surface area contributed by atoms with Crippen molar-refractivity contribution in [1.29, 1.82) is 0 Å². The summed E-state index contributed by atoms with van der Waals surface area (Å²) >= 11 is 6.15. The number of ether oxygens (including phenoxy) is 1. The molecule has 5 aromatic rings. The van der Waals surface area contributed by atoms with E-state index >= 15 is 0 Å². The van der Waals surface area contributed by atoms with Crippen molar-refractivity contribution in [3.05, 3.63) is 70.5 Å². The van der Waals surface area contributed by atoms with Crippen LogP contribution in [0.4, 0.5) is 23.5 Å². The maximum atomic E-state index is 14.4. The van der Waals surface area contributed by atoms with Crippen LogP contribution < -0.4 is 10.1 Å². The fourth-order valence-electron chi connectivity index (χ4n) is 3.88. The predicted molar refractivity (Wildman–Crippen MR) is 127 cm³/mol. The van der Waals surface area contributed by atoms with E-state index in [0.29, 0.717) is 16.6 Å². The van der Waals surface area contributed by atoms with Crippen LogP contribution in [0, 0.1) is 5.82 Å². The van der Waals surface area contributed by atoms with Gasteiger partial charge in [-0.15, -0.1) is 0 Å². The molecule has 36 heavy (non-hydrogen) atoms. The van der Waals surface area contributed by atoms with Gasteiger partial charge in [0.05, 0.1) is 39.8 Å². The van der Waals surface area contributed by atoms with Gasteiger partial charge in [0.1, 0.15) is 22.9 Å². The monoisotopic (exact) mass is 517 g/mol. The molecule has 2 heterocycles. The Labute approximate surface area is 205 Å². The maximum absolute atomic E-state index is 14.4. The van der Waals surface area contributed by atoms with Crippen molar-refractivity contribution in [2.75, 3.05) is 12.4 Å². The molecule has 12 heteroatoms. The summed E-state index contributed by atoms with van der Waals surface area (Å²) in [5.74, 6) is -0.720. The highest BCUT2D eigenvalue weighted by atomic mass is 35.5. The van der Waals surface area contributed by atoms with Gasteiger partial charge in [0.15, 0.2) is 0 Å². The number of aryl methyl sites for hydroxylation is 1. The number of hydrogen-bond donors (Lipinski definition) is 2. The average molecular weight is 518 g/mol. The number of nitrogens with one attached hydrogen (secondary N) is 2. The van der Waals surface area contributed by atoms with Crippen LogP contribution in [-0.2, 0) is 13.2 Å². The number of H-pyrrole nitrogens is 1. The number of fused-ring (bicyclic) bond motifs is 2. The van der Waals surface area contributed by atoms with Crippen LogP contribution in [0.3, 0.4) is 0 Å². The molecule has 7 nitrogen and oxygen atoms in total. The second-order valence-corrected chi connectivity index (χ2v) is 8.31. The Hall–Kier alpha value is -4.12. The minimum absolute atomic E-state index is 0.0526. The van der Waals surface area contributed by atoms with Crippen molar-refractivity contribution in [1.82, 2.24) is 19.5 Å². The third-order valence-corrected chi connectivity index (χ3v) is 5.98. The summed E-state index contributed by atoms with van der Waals surface area (Å²) in [6.45, 7) is 0. The summed E-state index contributed by atoms with van der Waals surface area (Å²) in [6, 6.07) is 10.3. The highest BCUT2D eigenvalue weighted by Crippen LogP contribution is 2.34. The number of anilines is 1. The van der Waals surface area contributed by atoms with Crippen LogP contribution in [0.5, 0.6) is 5.75 Å². The lowest BCUT2D eigenvalue weighted by atomic mass is 10.1. The number of halogens is 5. The van der Waals surface area contributed by atoms with Gasteiger partial charge in [-0.25, -0.2) is 14.4 Å². The molecule has 0 aliphatic carbocycles. The number of amides is 1. The van der Waals surface area contributed by atoms with E-state index in [0.717, 1.165) is 12.1 Å². The first kappa shape index (κ1) is 23.6. The Balaban J connectivity index is 1.52. The Kier molecular flexibility index (Phi) is 5.59. The summed E-state index contributed by atoms with van der Waals surface area (Å²) in [6.07, 6.45) is -4.52. The van der Waals surface area contributed by atoms with Crippen molar-refractivity contribution in [2.24, 2.45) is 7.05 Å². The van der Waals surface area contributed by atoms with Gasteiger partial charge in [0, 0.05) is 12.6 Å². The molecule has 0 unspecified atom stereocenters. The molecule has 0 saturated heterocycles. The zero-order valence-electron chi connectivity index (χ0n) is 18.7. The lowest BCUT2D eigenvalue weighted by Crippen LogP contribution is -2.15. The third-order valence-electron chi connectivity index (χ3n) is 5.67. The predicted octanol–water partition coefficient (Wildman–Crippen LogP) is 6.19. The lowest BCUT2D eigenvalue weighted by molar-refractivity contribution is -0.137. The fraction of sp³-hybridized carbons (Fsp3) is 0.125. The number of carbonyl (C=O) groups is 1. The van der Waals surface area contributed by atoms with Crippen LogP contribution >= 0.6 is 11.6 Å². The summed E-state index contributed by atoms with van der Waals surface area (Å²) in [5, 5.41) is 2.76. The Morgan fingerprint density at radius 3 is 2.61 bits per heavy atom. The zero-order valence-corrected chi connectivity index (χ0v) is 19.4. The van der Waals surface area contributed by atoms with Crippen LogP contribution in [-0.4, -0.2) is 32.5 Å². The van der Waals surface area contributed by atoms with E-state index in [9.17, 15) is 22.4 Å². The Bertz CT molecular complexity index is 1640. The minimum atomic E-state index is -4.52. The molecule has 3 aromatic carbocycles. The molecule has 5 rings (SSSR count). The number of rotatable bonds is 4. The average Bonchev–Trinajstić information content (AvgIpc) is 3.38. The van der Waals surface area contributed by atoms with Crippen LogP contribution in [0.15, 0.2) is 48.5 Å². The largest absolute Gasteiger partial charge is 0.494 e. The van der Waals surface area contributed by atoms with E-state index in [1.165, 1.54) is 48.1 Å². The van der Waals surface area contributed by atoms with Gasteiger partial charge in [-0.1, -0.05) is 17.7 Å². The number of aromatic amines is 1. The van der Waals surface area contributed by atoms with E-state index < -0.39 is 23.5 Å². The van der Waals surface area contributed by atoms with Gasteiger partial charge < -0.3 is 14.3 Å². The zero-order chi connectivity index (χ0) is 25.8. The van der Waals surface area contributed by atoms with Crippen LogP contribution in [0.25, 0.3) is 33.5 Å². The molecule has 2 N–H and O–H groups in total. The molecule has 0 spiro atoms. The Morgan fingerprint density at radius 1 is 1.14 bits per heavy atom. The number of benzene rings is 3. The number of imidazole rings is 2. The molecular formula is C24H16ClF4N5O2. The smallest absolute Gasteiger partial charge is 0.416 e. The number of hydrogen-bond acceptors (Lipinski definition) is 4. The molecule has 0 bridgehead atoms. The first-order chi connectivity index (χ1) is 17.1. The number of alkyl halides is 3. The lowest BCUT2D eigenvalue weighted by Gasteiger charge is -2.07. The molecular weight excluding hydrogens is 502 g/mol. The first-order valence-electron chi connectivity index (χ1n) is 10.4. The third kappa shape index (κ3) is 4.01. The van der Waals surface area contributed by atoms with E-state index in [4.69, 9.17) is 16.3 Å². The van der Waals surface area contributed by atoms with Gasteiger partial charge in [0.2, 0.25) is 5.95 Å². The summed E-state index contributed by atoms with van der Waals surface area (Å²) < 4.78 is 60.4. The number of nitrogens with zero attached hydrogens (tertiary/aromatic N) is 3. The van der Waals surface area contributed by atoms with Crippen molar-refractivity contribution in [2.45, 2.75) is 6.18 Å². The van der Waals surface area contributed by atoms with E-state index in [1.807, 2.05) is 0 Å². The normalized spacial score (nSPS) is 11.9. The van der Waals surface area contributed by atoms with Gasteiger partial charge >= 0.3 is 6.18 Å². The molecule has 0 aliphatic rings. The molecule has 0 saturated carbocycles. The second kappa shape index (κ2) is 8.52. The molecule has 0 radical (unpaired) electrons. The van der Waals surface area contributed by atoms with E-state index in [-0.39, 0.29) is 39.2 Å².